The van der Waals surface area contributed by atoms with Crippen LogP contribution in [0, 0.1) is 11.3 Å². The molecule has 0 spiro atoms. The second kappa shape index (κ2) is 9.51. The Morgan fingerprint density at radius 2 is 1.89 bits per heavy atom. The summed E-state index contributed by atoms with van der Waals surface area (Å²) in [5.41, 5.74) is 0.247. The van der Waals surface area contributed by atoms with Crippen LogP contribution in [0.1, 0.15) is 89.9 Å². The Labute approximate surface area is 163 Å². The molecule has 1 aliphatic heterocycles. The third kappa shape index (κ3) is 6.28. The largest absolute Gasteiger partial charge is 0.481 e. The van der Waals surface area contributed by atoms with Crippen LogP contribution in [0.2, 0.25) is 0 Å². The average molecular weight is 380 g/mol. The molecule has 3 rings (SSSR count). The Morgan fingerprint density at radius 3 is 2.56 bits per heavy atom. The van der Waals surface area contributed by atoms with Crippen LogP contribution >= 0.6 is 0 Å². The van der Waals surface area contributed by atoms with Crippen LogP contribution < -0.4 is 0 Å². The number of nitrogens with zero attached hydrogens (tertiary/aromatic N) is 1. The first-order valence-corrected chi connectivity index (χ1v) is 11.2. The molecular weight excluding hydrogens is 342 g/mol. The van der Waals surface area contributed by atoms with Crippen molar-refractivity contribution in [2.45, 2.75) is 102 Å². The van der Waals surface area contributed by atoms with Crippen molar-refractivity contribution < 1.29 is 19.8 Å². The van der Waals surface area contributed by atoms with Gasteiger partial charge in [0.1, 0.15) is 0 Å². The van der Waals surface area contributed by atoms with Gasteiger partial charge in [-0.1, -0.05) is 32.1 Å². The molecule has 3 fully saturated rings. The Morgan fingerprint density at radius 1 is 1.15 bits per heavy atom. The van der Waals surface area contributed by atoms with Gasteiger partial charge in [-0.05, 0) is 62.8 Å². The van der Waals surface area contributed by atoms with E-state index in [-0.39, 0.29) is 24.0 Å². The van der Waals surface area contributed by atoms with Crippen molar-refractivity contribution in [2.24, 2.45) is 11.3 Å². The van der Waals surface area contributed by atoms with Crippen LogP contribution in [0.25, 0.3) is 0 Å². The molecule has 2 saturated carbocycles. The molecule has 0 aromatic carbocycles. The van der Waals surface area contributed by atoms with Gasteiger partial charge in [0.05, 0.1) is 12.1 Å². The number of Topliss-reactive ketones (excluding diaryl/α,β-unsaturated/α-hetero) is 1. The smallest absolute Gasteiger partial charge is 0.303 e. The Bertz CT molecular complexity index is 512. The highest BCUT2D eigenvalue weighted by Crippen LogP contribution is 2.57. The van der Waals surface area contributed by atoms with Crippen molar-refractivity contribution in [3.05, 3.63) is 0 Å². The molecule has 2 aliphatic carbocycles. The van der Waals surface area contributed by atoms with Crippen molar-refractivity contribution in [1.82, 2.24) is 4.90 Å². The maximum atomic E-state index is 12.2. The van der Waals surface area contributed by atoms with E-state index in [1.54, 1.807) is 0 Å². The van der Waals surface area contributed by atoms with E-state index in [1.807, 2.05) is 0 Å². The normalized spacial score (nSPS) is 25.7. The summed E-state index contributed by atoms with van der Waals surface area (Å²) in [7, 11) is 0. The molecule has 5 nitrogen and oxygen atoms in total. The van der Waals surface area contributed by atoms with Gasteiger partial charge in [-0.25, -0.2) is 0 Å². The lowest BCUT2D eigenvalue weighted by Crippen LogP contribution is -2.34. The van der Waals surface area contributed by atoms with Gasteiger partial charge in [0.25, 0.3) is 0 Å². The quantitative estimate of drug-likeness (QED) is 0.449. The molecular formula is C22H37NO4. The number of carbonyl (C=O) groups excluding carboxylic acids is 1. The molecule has 2 unspecified atom stereocenters. The molecule has 2 atom stereocenters. The number of carboxylic acids is 1. The van der Waals surface area contributed by atoms with E-state index in [0.29, 0.717) is 12.2 Å². The van der Waals surface area contributed by atoms with E-state index in [1.165, 1.54) is 32.1 Å². The summed E-state index contributed by atoms with van der Waals surface area (Å²) in [5.74, 6) is 0.533. The summed E-state index contributed by atoms with van der Waals surface area (Å²) in [4.78, 5) is 25.1. The first kappa shape index (κ1) is 20.8. The lowest BCUT2D eigenvalue weighted by Gasteiger charge is -2.26. The van der Waals surface area contributed by atoms with Gasteiger partial charge in [0.2, 0.25) is 0 Å². The second-order valence-corrected chi connectivity index (χ2v) is 9.28. The van der Waals surface area contributed by atoms with Crippen molar-refractivity contribution >= 4 is 11.8 Å². The third-order valence-corrected chi connectivity index (χ3v) is 6.99. The minimum atomic E-state index is -0.723. The lowest BCUT2D eigenvalue weighted by molar-refractivity contribution is -0.137. The SMILES string of the molecule is O=C(O)CCCCCCC1C(=O)CCN1CCCC(O)C1(CC2CC2)CC1. The predicted molar refractivity (Wildman–Crippen MR) is 105 cm³/mol. The minimum Gasteiger partial charge on any atom is -0.481 e. The molecule has 0 bridgehead atoms. The van der Waals surface area contributed by atoms with Crippen LogP contribution in [0.5, 0.6) is 0 Å². The lowest BCUT2D eigenvalue weighted by atomic mass is 9.89. The predicted octanol–water partition coefficient (Wildman–Crippen LogP) is 3.78. The number of carboxylic acid groups (broad SMARTS) is 1. The molecule has 0 aromatic heterocycles. The minimum absolute atomic E-state index is 0.0583. The molecule has 5 heteroatoms. The number of carbonyl (C=O) groups is 2. The number of aliphatic hydroxyl groups excluding tert-OH is 1. The third-order valence-electron chi connectivity index (χ3n) is 6.99. The maximum Gasteiger partial charge on any atom is 0.303 e. The zero-order valence-electron chi connectivity index (χ0n) is 16.7. The number of likely N-dealkylation sites (tertiary alicyclic amines) is 1. The molecule has 1 saturated heterocycles. The molecule has 0 radical (unpaired) electrons. The summed E-state index contributed by atoms with van der Waals surface area (Å²) in [6.45, 7) is 1.79. The van der Waals surface area contributed by atoms with Crippen molar-refractivity contribution in [3.63, 3.8) is 0 Å². The topological polar surface area (TPSA) is 77.8 Å². The van der Waals surface area contributed by atoms with E-state index in [4.69, 9.17) is 5.11 Å². The fraction of sp³-hybridized carbons (Fsp3) is 0.909. The van der Waals surface area contributed by atoms with Crippen molar-refractivity contribution in [2.75, 3.05) is 13.1 Å². The van der Waals surface area contributed by atoms with Gasteiger partial charge in [0.15, 0.2) is 5.78 Å². The number of hydrogen-bond acceptors (Lipinski definition) is 4. The van der Waals surface area contributed by atoms with Gasteiger partial charge in [-0.15, -0.1) is 0 Å². The van der Waals surface area contributed by atoms with Crippen LogP contribution in [-0.4, -0.2) is 52.1 Å². The Hall–Kier alpha value is -0.940. The molecule has 1 heterocycles. The van der Waals surface area contributed by atoms with Crippen LogP contribution in [0.15, 0.2) is 0 Å². The number of aliphatic hydroxyl groups is 1. The number of hydrogen-bond donors (Lipinski definition) is 2. The number of ketones is 1. The van der Waals surface area contributed by atoms with Crippen molar-refractivity contribution in [1.29, 1.82) is 0 Å². The van der Waals surface area contributed by atoms with E-state index < -0.39 is 5.97 Å². The van der Waals surface area contributed by atoms with Crippen LogP contribution in [0.3, 0.4) is 0 Å². The Balaban J connectivity index is 1.31. The molecule has 27 heavy (non-hydrogen) atoms. The summed E-state index contributed by atoms with van der Waals surface area (Å²) >= 11 is 0. The summed E-state index contributed by atoms with van der Waals surface area (Å²) in [6, 6.07) is 0.0583. The standard InChI is InChI=1S/C22H37NO4/c24-19-11-15-23(18(19)6-3-1-2-4-8-21(26)27)14-5-7-20(25)22(12-13-22)16-17-9-10-17/h17-18,20,25H,1-16H2,(H,26,27). The molecule has 3 aliphatic rings. The molecule has 0 amide bonds. The van der Waals surface area contributed by atoms with Gasteiger partial charge < -0.3 is 10.2 Å². The number of unbranched alkanes of at least 4 members (excludes halogenated alkanes) is 3. The maximum absolute atomic E-state index is 12.2. The van der Waals surface area contributed by atoms with Crippen LogP contribution in [0.4, 0.5) is 0 Å². The first-order chi connectivity index (χ1) is 13.0. The monoisotopic (exact) mass is 379 g/mol. The second-order valence-electron chi connectivity index (χ2n) is 9.28. The first-order valence-electron chi connectivity index (χ1n) is 11.2. The highest BCUT2D eigenvalue weighted by Gasteiger charge is 2.50. The zero-order chi connectivity index (χ0) is 19.3. The summed E-state index contributed by atoms with van der Waals surface area (Å²) in [5, 5.41) is 19.3. The molecule has 0 aromatic rings. The van der Waals surface area contributed by atoms with Gasteiger partial charge in [0, 0.05) is 19.4 Å². The van der Waals surface area contributed by atoms with Gasteiger partial charge in [-0.2, -0.15) is 0 Å². The van der Waals surface area contributed by atoms with E-state index >= 15 is 0 Å². The van der Waals surface area contributed by atoms with E-state index in [0.717, 1.165) is 64.0 Å². The van der Waals surface area contributed by atoms with E-state index in [9.17, 15) is 14.7 Å². The van der Waals surface area contributed by atoms with Gasteiger partial charge in [-0.3, -0.25) is 14.5 Å². The number of rotatable bonds is 14. The zero-order valence-corrected chi connectivity index (χ0v) is 16.7. The summed E-state index contributed by atoms with van der Waals surface area (Å²) in [6.07, 6.45) is 13.6. The highest BCUT2D eigenvalue weighted by atomic mass is 16.4. The fourth-order valence-corrected chi connectivity index (χ4v) is 4.88. The highest BCUT2D eigenvalue weighted by molar-refractivity contribution is 5.86. The summed E-state index contributed by atoms with van der Waals surface area (Å²) < 4.78 is 0. The van der Waals surface area contributed by atoms with E-state index in [2.05, 4.69) is 4.90 Å². The Kier molecular flexibility index (Phi) is 7.32. The fourth-order valence-electron chi connectivity index (χ4n) is 4.88. The van der Waals surface area contributed by atoms with Gasteiger partial charge >= 0.3 is 5.97 Å². The average Bonchev–Trinajstić information content (AvgIpc) is 3.55. The number of aliphatic carboxylic acids is 1. The van der Waals surface area contributed by atoms with Crippen LogP contribution in [-0.2, 0) is 9.59 Å². The molecule has 154 valence electrons. The van der Waals surface area contributed by atoms with Crippen molar-refractivity contribution in [3.8, 4) is 0 Å². The molecule has 2 N–H and O–H groups in total.